The van der Waals surface area contributed by atoms with Crippen LogP contribution in [-0.2, 0) is 29.0 Å². The molecule has 1 unspecified atom stereocenters. The van der Waals surface area contributed by atoms with Crippen molar-refractivity contribution in [2.75, 3.05) is 10.6 Å². The summed E-state index contributed by atoms with van der Waals surface area (Å²) in [4.78, 5) is 29.5. The maximum atomic E-state index is 12.4. The summed E-state index contributed by atoms with van der Waals surface area (Å²) >= 11 is 0. The molecule has 3 heterocycles. The highest BCUT2D eigenvalue weighted by Crippen LogP contribution is 2.28. The Hall–Kier alpha value is -3.41. The van der Waals surface area contributed by atoms with Gasteiger partial charge in [-0.15, -0.1) is 0 Å². The summed E-state index contributed by atoms with van der Waals surface area (Å²) in [6.45, 7) is 1.04. The molecule has 6 nitrogen and oxygen atoms in total. The van der Waals surface area contributed by atoms with Crippen LogP contribution in [0.5, 0.6) is 0 Å². The zero-order chi connectivity index (χ0) is 21.2. The van der Waals surface area contributed by atoms with Gasteiger partial charge in [-0.2, -0.15) is 0 Å². The van der Waals surface area contributed by atoms with Crippen molar-refractivity contribution in [1.29, 1.82) is 0 Å². The molecule has 2 aliphatic heterocycles. The summed E-state index contributed by atoms with van der Waals surface area (Å²) in [5.74, 6) is 0.915. The molecule has 2 aromatic carbocycles. The van der Waals surface area contributed by atoms with E-state index < -0.39 is 0 Å². The molecule has 0 aliphatic carbocycles. The second-order valence-electron chi connectivity index (χ2n) is 8.40. The smallest absolute Gasteiger partial charge is 0.227 e. The lowest BCUT2D eigenvalue weighted by atomic mass is 9.89. The minimum atomic E-state index is -0.171. The summed E-state index contributed by atoms with van der Waals surface area (Å²) in [6, 6.07) is 15.6. The van der Waals surface area contributed by atoms with Crippen molar-refractivity contribution in [3.05, 3.63) is 66.1 Å². The number of aryl methyl sites for hydroxylation is 2. The molecule has 1 atom stereocenters. The van der Waals surface area contributed by atoms with Crippen LogP contribution in [0.2, 0.25) is 0 Å². The van der Waals surface area contributed by atoms with Crippen molar-refractivity contribution in [3.63, 3.8) is 0 Å². The van der Waals surface area contributed by atoms with E-state index in [1.165, 1.54) is 12.8 Å². The van der Waals surface area contributed by atoms with E-state index in [-0.39, 0.29) is 17.7 Å². The Morgan fingerprint density at radius 3 is 2.81 bits per heavy atom. The van der Waals surface area contributed by atoms with Crippen LogP contribution in [0.1, 0.15) is 37.1 Å². The average molecular weight is 415 g/mol. The van der Waals surface area contributed by atoms with E-state index in [0.717, 1.165) is 47.0 Å². The Morgan fingerprint density at radius 1 is 1.13 bits per heavy atom. The van der Waals surface area contributed by atoms with Crippen molar-refractivity contribution >= 4 is 23.2 Å². The second kappa shape index (κ2) is 8.38. The van der Waals surface area contributed by atoms with Gasteiger partial charge in [-0.3, -0.25) is 9.59 Å². The summed E-state index contributed by atoms with van der Waals surface area (Å²) in [5.41, 5.74) is 4.81. The van der Waals surface area contributed by atoms with Gasteiger partial charge in [-0.05, 0) is 49.4 Å². The van der Waals surface area contributed by atoms with Crippen LogP contribution in [0.15, 0.2) is 54.7 Å². The number of aromatic nitrogens is 2. The predicted molar refractivity (Wildman–Crippen MR) is 121 cm³/mol. The van der Waals surface area contributed by atoms with Gasteiger partial charge >= 0.3 is 0 Å². The van der Waals surface area contributed by atoms with Gasteiger partial charge in [-0.25, -0.2) is 4.98 Å². The highest BCUT2D eigenvalue weighted by atomic mass is 16.2. The highest BCUT2D eigenvalue weighted by molar-refractivity contribution is 5.96. The van der Waals surface area contributed by atoms with Crippen LogP contribution in [0.4, 0.5) is 11.4 Å². The molecule has 2 aliphatic rings. The van der Waals surface area contributed by atoms with E-state index in [1.807, 2.05) is 48.5 Å². The van der Waals surface area contributed by atoms with Gasteiger partial charge in [0, 0.05) is 48.4 Å². The fourth-order valence-electron chi connectivity index (χ4n) is 4.45. The first-order valence-corrected chi connectivity index (χ1v) is 11.0. The third-order valence-corrected chi connectivity index (χ3v) is 6.21. The van der Waals surface area contributed by atoms with Crippen LogP contribution in [0, 0.1) is 5.92 Å². The van der Waals surface area contributed by atoms with E-state index in [0.29, 0.717) is 19.3 Å². The third-order valence-electron chi connectivity index (χ3n) is 6.21. The number of amides is 2. The first-order valence-electron chi connectivity index (χ1n) is 11.0. The number of carbonyl (C=O) groups is 2. The quantitative estimate of drug-likeness (QED) is 0.649. The number of para-hydroxylation sites is 1. The second-order valence-corrected chi connectivity index (χ2v) is 8.40. The van der Waals surface area contributed by atoms with Gasteiger partial charge in [-0.1, -0.05) is 30.3 Å². The van der Waals surface area contributed by atoms with Gasteiger partial charge in [0.05, 0.1) is 5.69 Å². The predicted octanol–water partition coefficient (Wildman–Crippen LogP) is 4.42. The molecule has 0 saturated carbocycles. The maximum absolute atomic E-state index is 12.4. The maximum Gasteiger partial charge on any atom is 0.227 e. The van der Waals surface area contributed by atoms with Crippen molar-refractivity contribution < 1.29 is 9.59 Å². The van der Waals surface area contributed by atoms with E-state index in [4.69, 9.17) is 4.98 Å². The molecule has 0 bridgehead atoms. The molecular formula is C25H26N4O2. The van der Waals surface area contributed by atoms with Gasteiger partial charge in [0.25, 0.3) is 0 Å². The third kappa shape index (κ3) is 4.24. The SMILES string of the molecule is O=C(CCC1Cc2ccccc2NC1=O)Nc1ccc(-c2cn3c(n2)CCCC3)cc1. The Balaban J connectivity index is 1.17. The molecule has 1 aromatic heterocycles. The van der Waals surface area contributed by atoms with E-state index in [1.54, 1.807) is 0 Å². The Labute approximate surface area is 181 Å². The number of carbonyl (C=O) groups excluding carboxylic acids is 2. The number of rotatable bonds is 5. The topological polar surface area (TPSA) is 76.0 Å². The van der Waals surface area contributed by atoms with Crippen LogP contribution >= 0.6 is 0 Å². The molecule has 0 spiro atoms. The number of hydrogen-bond acceptors (Lipinski definition) is 3. The molecule has 3 aromatic rings. The van der Waals surface area contributed by atoms with Gasteiger partial charge in [0.2, 0.25) is 11.8 Å². The first-order chi connectivity index (χ1) is 15.2. The number of fused-ring (bicyclic) bond motifs is 2. The number of benzene rings is 2. The van der Waals surface area contributed by atoms with Crippen molar-refractivity contribution in [3.8, 4) is 11.3 Å². The molecular weight excluding hydrogens is 388 g/mol. The molecule has 31 heavy (non-hydrogen) atoms. The molecule has 0 radical (unpaired) electrons. The molecule has 158 valence electrons. The average Bonchev–Trinajstić information content (AvgIpc) is 3.22. The van der Waals surface area contributed by atoms with Crippen LogP contribution in [-0.4, -0.2) is 21.4 Å². The molecule has 2 amide bonds. The van der Waals surface area contributed by atoms with E-state index in [9.17, 15) is 9.59 Å². The zero-order valence-electron chi connectivity index (χ0n) is 17.4. The molecule has 6 heteroatoms. The number of nitrogens with one attached hydrogen (secondary N) is 2. The lowest BCUT2D eigenvalue weighted by Crippen LogP contribution is -2.30. The highest BCUT2D eigenvalue weighted by Gasteiger charge is 2.26. The number of anilines is 2. The van der Waals surface area contributed by atoms with Crippen LogP contribution in [0.25, 0.3) is 11.3 Å². The lowest BCUT2D eigenvalue weighted by Gasteiger charge is -2.24. The Bertz CT molecular complexity index is 1090. The minimum absolute atomic E-state index is 0.00128. The number of nitrogens with zero attached hydrogens (tertiary/aromatic N) is 2. The first kappa shape index (κ1) is 19.5. The van der Waals surface area contributed by atoms with Crippen molar-refractivity contribution in [2.24, 2.45) is 5.92 Å². The van der Waals surface area contributed by atoms with Crippen LogP contribution < -0.4 is 10.6 Å². The summed E-state index contributed by atoms with van der Waals surface area (Å²) < 4.78 is 2.24. The molecule has 2 N–H and O–H groups in total. The number of hydrogen-bond donors (Lipinski definition) is 2. The summed E-state index contributed by atoms with van der Waals surface area (Å²) in [7, 11) is 0. The largest absolute Gasteiger partial charge is 0.334 e. The van der Waals surface area contributed by atoms with Crippen LogP contribution in [0.3, 0.4) is 0 Å². The minimum Gasteiger partial charge on any atom is -0.334 e. The van der Waals surface area contributed by atoms with E-state index in [2.05, 4.69) is 21.4 Å². The van der Waals surface area contributed by atoms with Gasteiger partial charge in [0.1, 0.15) is 5.82 Å². The molecule has 5 rings (SSSR count). The van der Waals surface area contributed by atoms with Crippen molar-refractivity contribution in [1.82, 2.24) is 9.55 Å². The van der Waals surface area contributed by atoms with E-state index >= 15 is 0 Å². The monoisotopic (exact) mass is 414 g/mol. The zero-order valence-corrected chi connectivity index (χ0v) is 17.4. The standard InChI is InChI=1S/C25H26N4O2/c30-24(13-10-19-15-18-5-1-2-6-21(18)28-25(19)31)26-20-11-8-17(9-12-20)22-16-29-14-4-3-7-23(29)27-22/h1-2,5-6,8-9,11-12,16,19H,3-4,7,10,13-15H2,(H,26,30)(H,28,31). The Kier molecular flexibility index (Phi) is 5.28. The normalized spacial score (nSPS) is 17.4. The molecule has 0 saturated heterocycles. The van der Waals surface area contributed by atoms with Crippen molar-refractivity contribution in [2.45, 2.75) is 45.1 Å². The lowest BCUT2D eigenvalue weighted by molar-refractivity contribution is -0.121. The summed E-state index contributed by atoms with van der Waals surface area (Å²) in [6.07, 6.45) is 7.10. The molecule has 0 fully saturated rings. The summed E-state index contributed by atoms with van der Waals surface area (Å²) in [5, 5.41) is 5.89. The van der Waals surface area contributed by atoms with Gasteiger partial charge < -0.3 is 15.2 Å². The van der Waals surface area contributed by atoms with Gasteiger partial charge in [0.15, 0.2) is 0 Å². The fourth-order valence-corrected chi connectivity index (χ4v) is 4.45. The fraction of sp³-hybridized carbons (Fsp3) is 0.320. The Morgan fingerprint density at radius 2 is 1.97 bits per heavy atom. The number of imidazole rings is 1.